The maximum Gasteiger partial charge on any atom is 0.234 e. The number of halogens is 1. The predicted octanol–water partition coefficient (Wildman–Crippen LogP) is 2.78. The summed E-state index contributed by atoms with van der Waals surface area (Å²) in [6.45, 7) is 3.69. The zero-order valence-electron chi connectivity index (χ0n) is 10.5. The fourth-order valence-corrected chi connectivity index (χ4v) is 1.90. The second-order valence-electron chi connectivity index (χ2n) is 4.19. The first-order valence-corrected chi connectivity index (χ1v) is 6.22. The van der Waals surface area contributed by atoms with Crippen LogP contribution in [0, 0.1) is 18.7 Å². The molecule has 3 nitrogen and oxygen atoms in total. The Morgan fingerprint density at radius 2 is 2.22 bits per heavy atom. The van der Waals surface area contributed by atoms with Crippen molar-refractivity contribution in [3.05, 3.63) is 29.6 Å². The van der Waals surface area contributed by atoms with E-state index in [1.165, 1.54) is 18.2 Å². The maximum absolute atomic E-state index is 12.9. The average molecular weight is 268 g/mol. The van der Waals surface area contributed by atoms with Crippen LogP contribution < -0.4 is 11.1 Å². The van der Waals surface area contributed by atoms with Gasteiger partial charge in [0.15, 0.2) is 0 Å². The van der Waals surface area contributed by atoms with Gasteiger partial charge in [-0.2, -0.15) is 0 Å². The van der Waals surface area contributed by atoms with Gasteiger partial charge in [0.2, 0.25) is 5.91 Å². The van der Waals surface area contributed by atoms with E-state index in [2.05, 4.69) is 5.32 Å². The van der Waals surface area contributed by atoms with E-state index in [1.54, 1.807) is 6.92 Å². The molecule has 1 aromatic rings. The molecule has 0 saturated carbocycles. The van der Waals surface area contributed by atoms with Crippen LogP contribution >= 0.6 is 12.2 Å². The van der Waals surface area contributed by atoms with Crippen LogP contribution in [0.3, 0.4) is 0 Å². The fraction of sp³-hybridized carbons (Fsp3) is 0.385. The minimum atomic E-state index is -0.477. The molecule has 0 saturated heterocycles. The van der Waals surface area contributed by atoms with Crippen LogP contribution in [-0.4, -0.2) is 10.9 Å². The molecule has 0 heterocycles. The maximum atomic E-state index is 12.9. The van der Waals surface area contributed by atoms with Crippen molar-refractivity contribution in [1.29, 1.82) is 0 Å². The number of nitrogens with one attached hydrogen (secondary N) is 1. The van der Waals surface area contributed by atoms with Crippen molar-refractivity contribution in [3.8, 4) is 0 Å². The molecular weight excluding hydrogens is 251 g/mol. The zero-order valence-corrected chi connectivity index (χ0v) is 11.3. The number of carbonyl (C=O) groups is 1. The summed E-state index contributed by atoms with van der Waals surface area (Å²) in [6.07, 6.45) is 1.43. The van der Waals surface area contributed by atoms with Crippen LogP contribution in [0.4, 0.5) is 10.1 Å². The number of hydrogen-bond donors (Lipinski definition) is 2. The highest BCUT2D eigenvalue weighted by Gasteiger charge is 2.20. The van der Waals surface area contributed by atoms with Crippen LogP contribution in [0.5, 0.6) is 0 Å². The van der Waals surface area contributed by atoms with E-state index in [0.29, 0.717) is 17.7 Å². The smallest absolute Gasteiger partial charge is 0.234 e. The molecule has 1 aromatic carbocycles. The Morgan fingerprint density at radius 3 is 2.72 bits per heavy atom. The number of rotatable bonds is 5. The van der Waals surface area contributed by atoms with Crippen molar-refractivity contribution >= 4 is 28.8 Å². The van der Waals surface area contributed by atoms with Crippen molar-refractivity contribution < 1.29 is 9.18 Å². The lowest BCUT2D eigenvalue weighted by atomic mass is 10.0. The first-order valence-electron chi connectivity index (χ1n) is 5.82. The van der Waals surface area contributed by atoms with Gasteiger partial charge in [0.1, 0.15) is 5.82 Å². The zero-order chi connectivity index (χ0) is 13.7. The number of anilines is 1. The monoisotopic (exact) mass is 268 g/mol. The highest BCUT2D eigenvalue weighted by atomic mass is 32.1. The van der Waals surface area contributed by atoms with Gasteiger partial charge in [0.25, 0.3) is 0 Å². The quantitative estimate of drug-likeness (QED) is 0.807. The summed E-state index contributed by atoms with van der Waals surface area (Å²) in [7, 11) is 0. The molecule has 0 aliphatic rings. The lowest BCUT2D eigenvalue weighted by Gasteiger charge is -2.15. The molecule has 0 aliphatic heterocycles. The largest absolute Gasteiger partial charge is 0.393 e. The summed E-state index contributed by atoms with van der Waals surface area (Å²) >= 11 is 4.89. The van der Waals surface area contributed by atoms with E-state index in [9.17, 15) is 9.18 Å². The third-order valence-corrected chi connectivity index (χ3v) is 2.97. The van der Waals surface area contributed by atoms with Crippen LogP contribution in [0.15, 0.2) is 18.2 Å². The normalized spacial score (nSPS) is 11.9. The van der Waals surface area contributed by atoms with Gasteiger partial charge in [-0.3, -0.25) is 4.79 Å². The second kappa shape index (κ2) is 6.44. The topological polar surface area (TPSA) is 55.1 Å². The number of hydrogen-bond acceptors (Lipinski definition) is 2. The van der Waals surface area contributed by atoms with Gasteiger partial charge < -0.3 is 11.1 Å². The number of nitrogens with two attached hydrogens (primary N) is 1. The number of benzene rings is 1. The number of aryl methyl sites for hydroxylation is 1. The van der Waals surface area contributed by atoms with Gasteiger partial charge in [-0.25, -0.2) is 4.39 Å². The Morgan fingerprint density at radius 1 is 1.56 bits per heavy atom. The molecule has 0 aliphatic carbocycles. The third-order valence-electron chi connectivity index (χ3n) is 2.68. The van der Waals surface area contributed by atoms with Crippen molar-refractivity contribution in [2.24, 2.45) is 11.7 Å². The van der Waals surface area contributed by atoms with E-state index in [1.807, 2.05) is 6.92 Å². The minimum absolute atomic E-state index is 0.189. The Labute approximate surface area is 112 Å². The summed E-state index contributed by atoms with van der Waals surface area (Å²) in [5.74, 6) is -1.04. The SMILES string of the molecule is CCCC(C(=O)Nc1ccc(F)cc1C)C(N)=S. The van der Waals surface area contributed by atoms with Gasteiger partial charge >= 0.3 is 0 Å². The van der Waals surface area contributed by atoms with Crippen molar-refractivity contribution in [1.82, 2.24) is 0 Å². The molecule has 0 bridgehead atoms. The van der Waals surface area contributed by atoms with Crippen LogP contribution in [0.2, 0.25) is 0 Å². The van der Waals surface area contributed by atoms with Crippen molar-refractivity contribution in [2.75, 3.05) is 5.32 Å². The van der Waals surface area contributed by atoms with Crippen LogP contribution in [0.1, 0.15) is 25.3 Å². The van der Waals surface area contributed by atoms with Gasteiger partial charge in [-0.15, -0.1) is 0 Å². The lowest BCUT2D eigenvalue weighted by Crippen LogP contribution is -2.33. The van der Waals surface area contributed by atoms with Gasteiger partial charge in [0.05, 0.1) is 10.9 Å². The van der Waals surface area contributed by atoms with E-state index in [-0.39, 0.29) is 16.7 Å². The van der Waals surface area contributed by atoms with Crippen LogP contribution in [-0.2, 0) is 4.79 Å². The van der Waals surface area contributed by atoms with E-state index in [0.717, 1.165) is 6.42 Å². The molecule has 1 rings (SSSR count). The molecule has 0 aromatic heterocycles. The Bertz CT molecular complexity index is 462. The molecule has 0 spiro atoms. The van der Waals surface area contributed by atoms with Gasteiger partial charge in [-0.1, -0.05) is 25.6 Å². The summed E-state index contributed by atoms with van der Waals surface area (Å²) < 4.78 is 12.9. The first kappa shape index (κ1) is 14.6. The van der Waals surface area contributed by atoms with Crippen LogP contribution in [0.25, 0.3) is 0 Å². The van der Waals surface area contributed by atoms with E-state index < -0.39 is 5.92 Å². The fourth-order valence-electron chi connectivity index (χ4n) is 1.68. The summed E-state index contributed by atoms with van der Waals surface area (Å²) in [4.78, 5) is 12.2. The number of amides is 1. The molecule has 0 radical (unpaired) electrons. The molecule has 0 fully saturated rings. The van der Waals surface area contributed by atoms with E-state index in [4.69, 9.17) is 18.0 Å². The molecule has 1 amide bonds. The Kier molecular flexibility index (Phi) is 5.22. The molecule has 5 heteroatoms. The molecule has 98 valence electrons. The minimum Gasteiger partial charge on any atom is -0.393 e. The molecule has 1 atom stereocenters. The lowest BCUT2D eigenvalue weighted by molar-refractivity contribution is -0.118. The Hall–Kier alpha value is -1.49. The first-order chi connectivity index (χ1) is 8.45. The van der Waals surface area contributed by atoms with E-state index >= 15 is 0 Å². The summed E-state index contributed by atoms with van der Waals surface area (Å²) in [6, 6.07) is 4.20. The molecule has 3 N–H and O–H groups in total. The number of carbonyl (C=O) groups excluding carboxylic acids is 1. The van der Waals surface area contributed by atoms with Gasteiger partial charge in [-0.05, 0) is 37.1 Å². The molecule has 1 unspecified atom stereocenters. The average Bonchev–Trinajstić information content (AvgIpc) is 2.29. The standard InChI is InChI=1S/C13H17FN2OS/c1-3-4-10(12(15)18)13(17)16-11-6-5-9(14)7-8(11)2/h5-7,10H,3-4H2,1-2H3,(H2,15,18)(H,16,17). The summed E-state index contributed by atoms with van der Waals surface area (Å²) in [5, 5.41) is 2.73. The highest BCUT2D eigenvalue weighted by Crippen LogP contribution is 2.18. The number of thiocarbonyl (C=S) groups is 1. The van der Waals surface area contributed by atoms with Gasteiger partial charge in [0, 0.05) is 5.69 Å². The summed E-state index contributed by atoms with van der Waals surface area (Å²) in [5.41, 5.74) is 6.80. The van der Waals surface area contributed by atoms with Crippen molar-refractivity contribution in [3.63, 3.8) is 0 Å². The Balaban J connectivity index is 2.82. The molecule has 18 heavy (non-hydrogen) atoms. The third kappa shape index (κ3) is 3.77. The molecular formula is C13H17FN2OS. The highest BCUT2D eigenvalue weighted by molar-refractivity contribution is 7.80. The van der Waals surface area contributed by atoms with Crippen molar-refractivity contribution in [2.45, 2.75) is 26.7 Å². The second-order valence-corrected chi connectivity index (χ2v) is 4.66. The predicted molar refractivity (Wildman–Crippen MR) is 75.0 cm³/mol.